The van der Waals surface area contributed by atoms with Gasteiger partial charge in [-0.25, -0.2) is 23.7 Å². The van der Waals surface area contributed by atoms with E-state index >= 15 is 0 Å². The lowest BCUT2D eigenvalue weighted by atomic mass is 10.2. The Morgan fingerprint density at radius 3 is 2.67 bits per heavy atom. The van der Waals surface area contributed by atoms with Gasteiger partial charge in [0.25, 0.3) is 6.43 Å². The molecule has 2 rings (SSSR count). The van der Waals surface area contributed by atoms with Crippen LogP contribution < -0.4 is 0 Å². The maximum Gasteiger partial charge on any atom is 0.280 e. The monoisotopic (exact) mass is 251 g/mol. The lowest BCUT2D eigenvalue weighted by Gasteiger charge is -2.07. The summed E-state index contributed by atoms with van der Waals surface area (Å²) in [5, 5.41) is 8.94. The Bertz CT molecular complexity index is 561. The van der Waals surface area contributed by atoms with Crippen molar-refractivity contribution in [3.8, 4) is 11.5 Å². The Kier molecular flexibility index (Phi) is 3.57. The lowest BCUT2D eigenvalue weighted by molar-refractivity contribution is 0.141. The number of aromatic nitrogens is 3. The van der Waals surface area contributed by atoms with Crippen LogP contribution in [0.1, 0.15) is 23.4 Å². The molecule has 1 N–H and O–H groups in total. The first-order valence-corrected chi connectivity index (χ1v) is 5.30. The van der Waals surface area contributed by atoms with Gasteiger partial charge in [0, 0.05) is 17.5 Å². The molecule has 4 nitrogen and oxygen atoms in total. The van der Waals surface area contributed by atoms with E-state index < -0.39 is 18.7 Å². The molecule has 0 aliphatic carbocycles. The van der Waals surface area contributed by atoms with Crippen LogP contribution in [0.3, 0.4) is 0 Å². The molecule has 0 amide bonds. The summed E-state index contributed by atoms with van der Waals surface area (Å²) in [7, 11) is 0. The van der Waals surface area contributed by atoms with Crippen LogP contribution in [0.15, 0.2) is 24.4 Å². The van der Waals surface area contributed by atoms with Crippen molar-refractivity contribution in [3.05, 3.63) is 41.3 Å². The van der Waals surface area contributed by atoms with E-state index in [0.29, 0.717) is 5.69 Å². The number of aryl methyl sites for hydroxylation is 1. The number of nitrogens with zero attached hydrogens (tertiary/aromatic N) is 3. The maximum absolute atomic E-state index is 12.8. The minimum absolute atomic E-state index is 0.0291. The highest BCUT2D eigenvalue weighted by Gasteiger charge is 2.17. The summed E-state index contributed by atoms with van der Waals surface area (Å²) in [6.45, 7) is 1.28. The Morgan fingerprint density at radius 1 is 1.28 bits per heavy atom. The third-order valence-electron chi connectivity index (χ3n) is 2.39. The van der Waals surface area contributed by atoms with Gasteiger partial charge in [0.1, 0.15) is 11.4 Å². The maximum atomic E-state index is 12.8. The molecule has 0 aliphatic heterocycles. The number of rotatable bonds is 3. The molecule has 0 radical (unpaired) electrons. The predicted molar refractivity (Wildman–Crippen MR) is 60.9 cm³/mol. The van der Waals surface area contributed by atoms with Crippen molar-refractivity contribution in [1.29, 1.82) is 0 Å². The third-order valence-corrected chi connectivity index (χ3v) is 2.39. The quantitative estimate of drug-likeness (QED) is 0.909. The molecule has 0 saturated heterocycles. The van der Waals surface area contributed by atoms with Gasteiger partial charge in [0.2, 0.25) is 0 Å². The van der Waals surface area contributed by atoms with E-state index in [0.717, 1.165) is 5.69 Å². The largest absolute Gasteiger partial charge is 0.392 e. The van der Waals surface area contributed by atoms with Crippen molar-refractivity contribution in [1.82, 2.24) is 15.0 Å². The highest BCUT2D eigenvalue weighted by Crippen LogP contribution is 2.23. The molecule has 0 saturated carbocycles. The molecule has 18 heavy (non-hydrogen) atoms. The summed E-state index contributed by atoms with van der Waals surface area (Å²) >= 11 is 0. The number of alkyl halides is 2. The SMILES string of the molecule is Cc1cccc(-c2ncc(CO)c(C(F)F)n2)n1. The summed E-state index contributed by atoms with van der Waals surface area (Å²) in [4.78, 5) is 11.9. The minimum atomic E-state index is -2.75. The first kappa shape index (κ1) is 12.5. The van der Waals surface area contributed by atoms with Gasteiger partial charge >= 0.3 is 0 Å². The smallest absolute Gasteiger partial charge is 0.280 e. The zero-order chi connectivity index (χ0) is 13.1. The summed E-state index contributed by atoms with van der Waals surface area (Å²) in [5.74, 6) is 0.131. The van der Waals surface area contributed by atoms with Gasteiger partial charge < -0.3 is 5.11 Å². The molecule has 2 aromatic heterocycles. The number of aliphatic hydroxyl groups excluding tert-OH is 1. The zero-order valence-electron chi connectivity index (χ0n) is 9.64. The van der Waals surface area contributed by atoms with Crippen LogP contribution in [-0.4, -0.2) is 20.1 Å². The van der Waals surface area contributed by atoms with E-state index in [1.54, 1.807) is 25.1 Å². The zero-order valence-corrected chi connectivity index (χ0v) is 9.64. The van der Waals surface area contributed by atoms with E-state index in [2.05, 4.69) is 15.0 Å². The molecule has 0 atom stereocenters. The van der Waals surface area contributed by atoms with Crippen molar-refractivity contribution in [2.24, 2.45) is 0 Å². The third kappa shape index (κ3) is 2.48. The lowest BCUT2D eigenvalue weighted by Crippen LogP contribution is -2.03. The van der Waals surface area contributed by atoms with Crippen molar-refractivity contribution in [2.45, 2.75) is 20.0 Å². The van der Waals surface area contributed by atoms with E-state index in [-0.39, 0.29) is 11.4 Å². The molecule has 0 spiro atoms. The Labute approximate surface area is 102 Å². The molecule has 0 unspecified atom stereocenters. The second-order valence-electron chi connectivity index (χ2n) is 3.73. The molecule has 94 valence electrons. The Morgan fingerprint density at radius 2 is 2.06 bits per heavy atom. The summed E-state index contributed by atoms with van der Waals surface area (Å²) < 4.78 is 25.5. The molecular weight excluding hydrogens is 240 g/mol. The van der Waals surface area contributed by atoms with E-state index in [4.69, 9.17) is 5.11 Å². The van der Waals surface area contributed by atoms with Crippen molar-refractivity contribution in [2.75, 3.05) is 0 Å². The van der Waals surface area contributed by atoms with E-state index in [1.807, 2.05) is 0 Å². The van der Waals surface area contributed by atoms with Crippen molar-refractivity contribution >= 4 is 0 Å². The van der Waals surface area contributed by atoms with Crippen LogP contribution in [0.5, 0.6) is 0 Å². The first-order valence-electron chi connectivity index (χ1n) is 5.30. The van der Waals surface area contributed by atoms with Gasteiger partial charge in [-0.15, -0.1) is 0 Å². The van der Waals surface area contributed by atoms with Crippen molar-refractivity contribution < 1.29 is 13.9 Å². The number of hydrogen-bond acceptors (Lipinski definition) is 4. The van der Waals surface area contributed by atoms with E-state index in [9.17, 15) is 8.78 Å². The molecule has 0 aromatic carbocycles. The number of pyridine rings is 1. The number of hydrogen-bond donors (Lipinski definition) is 1. The predicted octanol–water partition coefficient (Wildman–Crippen LogP) is 2.28. The first-order chi connectivity index (χ1) is 8.61. The highest BCUT2D eigenvalue weighted by molar-refractivity contribution is 5.49. The van der Waals surface area contributed by atoms with Crippen LogP contribution in [0.2, 0.25) is 0 Å². The fourth-order valence-corrected chi connectivity index (χ4v) is 1.52. The van der Waals surface area contributed by atoms with Gasteiger partial charge in [-0.05, 0) is 19.1 Å². The average Bonchev–Trinajstić information content (AvgIpc) is 2.38. The van der Waals surface area contributed by atoms with E-state index in [1.165, 1.54) is 6.20 Å². The fraction of sp³-hybridized carbons (Fsp3) is 0.250. The fourth-order valence-electron chi connectivity index (χ4n) is 1.52. The van der Waals surface area contributed by atoms with Crippen LogP contribution >= 0.6 is 0 Å². The van der Waals surface area contributed by atoms with Gasteiger partial charge in [-0.1, -0.05) is 6.07 Å². The van der Waals surface area contributed by atoms with Crippen LogP contribution in [0, 0.1) is 6.92 Å². The van der Waals surface area contributed by atoms with Crippen LogP contribution in [0.25, 0.3) is 11.5 Å². The van der Waals surface area contributed by atoms with Gasteiger partial charge in [0.05, 0.1) is 6.61 Å². The van der Waals surface area contributed by atoms with Crippen LogP contribution in [0.4, 0.5) is 8.78 Å². The normalized spacial score (nSPS) is 10.9. The topological polar surface area (TPSA) is 58.9 Å². The van der Waals surface area contributed by atoms with Crippen LogP contribution in [-0.2, 0) is 6.61 Å². The molecule has 2 aromatic rings. The summed E-state index contributed by atoms with van der Waals surface area (Å²) in [6.07, 6.45) is -1.55. The summed E-state index contributed by atoms with van der Waals surface area (Å²) in [5.41, 5.74) is 0.759. The standard InChI is InChI=1S/C12H11F2N3O/c1-7-3-2-4-9(16-7)12-15-5-8(6-18)10(17-12)11(13)14/h2-5,11,18H,6H2,1H3. The minimum Gasteiger partial charge on any atom is -0.392 e. The molecule has 0 aliphatic rings. The molecular formula is C12H11F2N3O. The van der Waals surface area contributed by atoms with Gasteiger partial charge in [-0.3, -0.25) is 0 Å². The molecule has 0 bridgehead atoms. The number of aliphatic hydroxyl groups is 1. The second-order valence-corrected chi connectivity index (χ2v) is 3.73. The average molecular weight is 251 g/mol. The highest BCUT2D eigenvalue weighted by atomic mass is 19.3. The summed E-state index contributed by atoms with van der Waals surface area (Å²) in [6, 6.07) is 5.19. The second kappa shape index (κ2) is 5.14. The van der Waals surface area contributed by atoms with Gasteiger partial charge in [-0.2, -0.15) is 0 Å². The Hall–Kier alpha value is -1.95. The molecule has 6 heteroatoms. The van der Waals surface area contributed by atoms with Gasteiger partial charge in [0.15, 0.2) is 5.82 Å². The Balaban J connectivity index is 2.50. The van der Waals surface area contributed by atoms with Crippen molar-refractivity contribution in [3.63, 3.8) is 0 Å². The number of halogens is 2. The molecule has 0 fully saturated rings. The molecule has 2 heterocycles.